The number of para-hydroxylation sites is 2. The smallest absolute Gasteiger partial charge is 0.475 e. The fraction of sp³-hybridized carbons (Fsp3) is 0.219. The van der Waals surface area contributed by atoms with Crippen LogP contribution in [0.15, 0.2) is 89.9 Å². The number of rotatable bonds is 6. The fourth-order valence-electron chi connectivity index (χ4n) is 5.53. The van der Waals surface area contributed by atoms with Gasteiger partial charge < -0.3 is 10.1 Å². The van der Waals surface area contributed by atoms with Crippen molar-refractivity contribution in [3.8, 4) is 34.0 Å². The minimum atomic E-state index is -5.08. The average molecular weight is 644 g/mol. The molecular weight excluding hydrogens is 615 g/mol. The van der Waals surface area contributed by atoms with Crippen LogP contribution in [0.5, 0.6) is 0 Å². The second kappa shape index (κ2) is 13.3. The molecule has 1 saturated heterocycles. The van der Waals surface area contributed by atoms with Crippen molar-refractivity contribution >= 4 is 17.0 Å². The molecule has 15 heteroatoms. The van der Waals surface area contributed by atoms with Crippen LogP contribution in [0.2, 0.25) is 0 Å². The first-order valence-corrected chi connectivity index (χ1v) is 14.6. The maximum absolute atomic E-state index is 12.6. The Hall–Kier alpha value is -5.70. The molecule has 12 nitrogen and oxygen atoms in total. The lowest BCUT2D eigenvalue weighted by Crippen LogP contribution is -2.36. The highest BCUT2D eigenvalue weighted by atomic mass is 19.4. The predicted molar refractivity (Wildman–Crippen MR) is 166 cm³/mol. The molecule has 7 rings (SSSR count). The standard InChI is InChI=1S/C30H27N9O.C2HF3O2/c40-30-32-24-8-4-5-9-26(24)39(30)23-14-16-38(17-15-23)19-20-10-12-22(13-11-20)27-28(21-6-2-1-3-7-21)35-36-29(33-27)25-18-31-37-34-25;3-2(4,5)1(6)7/h1-13,18,23H,14-17,19H2,(H,32,40)(H,31,34,37);(H,6,7). The van der Waals surface area contributed by atoms with E-state index < -0.39 is 12.1 Å². The number of piperidine rings is 1. The molecule has 3 N–H and O–H groups in total. The number of carboxylic acids is 1. The molecule has 3 aromatic carbocycles. The number of aromatic amines is 2. The number of nitrogens with zero attached hydrogens (tertiary/aromatic N) is 7. The Kier molecular flexibility index (Phi) is 8.88. The largest absolute Gasteiger partial charge is 0.490 e. The van der Waals surface area contributed by atoms with Gasteiger partial charge in [-0.3, -0.25) is 9.47 Å². The van der Waals surface area contributed by atoms with Gasteiger partial charge in [-0.15, -0.1) is 10.2 Å². The van der Waals surface area contributed by atoms with Crippen LogP contribution in [0.1, 0.15) is 24.4 Å². The normalized spacial score (nSPS) is 14.1. The summed E-state index contributed by atoms with van der Waals surface area (Å²) in [7, 11) is 0. The van der Waals surface area contributed by atoms with Crippen molar-refractivity contribution in [2.45, 2.75) is 31.6 Å². The van der Waals surface area contributed by atoms with Gasteiger partial charge >= 0.3 is 17.8 Å². The van der Waals surface area contributed by atoms with E-state index in [2.05, 4.69) is 59.8 Å². The van der Waals surface area contributed by atoms with Crippen molar-refractivity contribution in [3.63, 3.8) is 0 Å². The number of benzene rings is 3. The first-order valence-electron chi connectivity index (χ1n) is 14.6. The van der Waals surface area contributed by atoms with Crippen LogP contribution < -0.4 is 5.69 Å². The number of halogens is 3. The summed E-state index contributed by atoms with van der Waals surface area (Å²) in [5.41, 5.74) is 7.02. The molecule has 1 aliphatic heterocycles. The summed E-state index contributed by atoms with van der Waals surface area (Å²) in [5, 5.41) is 26.6. The van der Waals surface area contributed by atoms with Gasteiger partial charge in [-0.2, -0.15) is 28.6 Å². The number of carboxylic acid groups (broad SMARTS) is 1. The number of aromatic nitrogens is 8. The van der Waals surface area contributed by atoms with Crippen LogP contribution in [0.4, 0.5) is 13.2 Å². The lowest BCUT2D eigenvalue weighted by atomic mass is 10.0. The molecule has 6 aromatic rings. The van der Waals surface area contributed by atoms with Crippen LogP contribution >= 0.6 is 0 Å². The lowest BCUT2D eigenvalue weighted by Gasteiger charge is -2.32. The van der Waals surface area contributed by atoms with Crippen molar-refractivity contribution < 1.29 is 23.1 Å². The molecule has 1 aliphatic rings. The second-order valence-electron chi connectivity index (χ2n) is 10.9. The highest BCUT2D eigenvalue weighted by Crippen LogP contribution is 2.31. The molecule has 0 unspecified atom stereocenters. The summed E-state index contributed by atoms with van der Waals surface area (Å²) in [6.45, 7) is 2.73. The summed E-state index contributed by atoms with van der Waals surface area (Å²) in [6, 6.07) is 26.6. The molecule has 4 heterocycles. The van der Waals surface area contributed by atoms with Crippen LogP contribution in [-0.4, -0.2) is 75.4 Å². The maximum atomic E-state index is 12.6. The molecule has 0 amide bonds. The third-order valence-electron chi connectivity index (χ3n) is 7.80. The third-order valence-corrected chi connectivity index (χ3v) is 7.80. The summed E-state index contributed by atoms with van der Waals surface area (Å²) in [4.78, 5) is 31.8. The van der Waals surface area contributed by atoms with Crippen molar-refractivity contribution in [2.24, 2.45) is 0 Å². The molecule has 0 aliphatic carbocycles. The van der Waals surface area contributed by atoms with E-state index in [0.717, 1.165) is 66.0 Å². The number of likely N-dealkylation sites (tertiary alicyclic amines) is 1. The van der Waals surface area contributed by atoms with Crippen LogP contribution in [-0.2, 0) is 11.3 Å². The zero-order valence-corrected chi connectivity index (χ0v) is 24.7. The Labute approximate surface area is 264 Å². The highest BCUT2D eigenvalue weighted by Gasteiger charge is 2.38. The molecule has 3 aromatic heterocycles. The number of aliphatic carboxylic acids is 1. The Balaban J connectivity index is 0.000000499. The molecule has 0 atom stereocenters. The molecule has 47 heavy (non-hydrogen) atoms. The van der Waals surface area contributed by atoms with Gasteiger partial charge in [0.2, 0.25) is 5.82 Å². The number of hydrogen-bond acceptors (Lipinski definition) is 8. The van der Waals surface area contributed by atoms with Gasteiger partial charge in [-0.05, 0) is 30.5 Å². The highest BCUT2D eigenvalue weighted by molar-refractivity contribution is 5.78. The van der Waals surface area contributed by atoms with E-state index in [4.69, 9.17) is 14.9 Å². The minimum absolute atomic E-state index is 0.0176. The van der Waals surface area contributed by atoms with Crippen LogP contribution in [0.3, 0.4) is 0 Å². The van der Waals surface area contributed by atoms with E-state index in [0.29, 0.717) is 11.5 Å². The molecule has 240 valence electrons. The maximum Gasteiger partial charge on any atom is 0.490 e. The summed E-state index contributed by atoms with van der Waals surface area (Å²) in [6.07, 6.45) is -1.61. The lowest BCUT2D eigenvalue weighted by molar-refractivity contribution is -0.192. The topological polar surface area (TPSA) is 159 Å². The van der Waals surface area contributed by atoms with Crippen molar-refractivity contribution in [3.05, 3.63) is 101 Å². The van der Waals surface area contributed by atoms with Gasteiger partial charge in [0.25, 0.3) is 0 Å². The quantitative estimate of drug-likeness (QED) is 0.224. The van der Waals surface area contributed by atoms with E-state index in [1.807, 2.05) is 59.2 Å². The first-order chi connectivity index (χ1) is 22.7. The molecule has 0 saturated carbocycles. The predicted octanol–water partition coefficient (Wildman–Crippen LogP) is 5.10. The number of fused-ring (bicyclic) bond motifs is 1. The van der Waals surface area contributed by atoms with Gasteiger partial charge in [-0.1, -0.05) is 66.7 Å². The fourth-order valence-corrected chi connectivity index (χ4v) is 5.53. The Morgan fingerprint density at radius 3 is 2.21 bits per heavy atom. The number of hydrogen-bond donors (Lipinski definition) is 3. The zero-order chi connectivity index (χ0) is 33.0. The number of carbonyl (C=O) groups is 1. The summed E-state index contributed by atoms with van der Waals surface area (Å²) >= 11 is 0. The monoisotopic (exact) mass is 643 g/mol. The van der Waals surface area contributed by atoms with Gasteiger partial charge in [0.1, 0.15) is 11.4 Å². The number of imidazole rings is 1. The summed E-state index contributed by atoms with van der Waals surface area (Å²) in [5.74, 6) is -2.34. The summed E-state index contributed by atoms with van der Waals surface area (Å²) < 4.78 is 33.7. The van der Waals surface area contributed by atoms with Gasteiger partial charge in [-0.25, -0.2) is 14.6 Å². The average Bonchev–Trinajstić information content (AvgIpc) is 3.74. The van der Waals surface area contributed by atoms with E-state index in [1.54, 1.807) is 6.20 Å². The van der Waals surface area contributed by atoms with E-state index >= 15 is 0 Å². The first kappa shape index (κ1) is 31.3. The molecule has 0 bridgehead atoms. The molecule has 0 radical (unpaired) electrons. The van der Waals surface area contributed by atoms with Gasteiger partial charge in [0.05, 0.1) is 17.2 Å². The number of nitrogens with one attached hydrogen (secondary N) is 2. The Morgan fingerprint density at radius 2 is 1.55 bits per heavy atom. The van der Waals surface area contributed by atoms with E-state index in [-0.39, 0.29) is 11.7 Å². The Morgan fingerprint density at radius 1 is 0.894 bits per heavy atom. The molecule has 0 spiro atoms. The molecule has 1 fully saturated rings. The van der Waals surface area contributed by atoms with E-state index in [9.17, 15) is 18.0 Å². The Bertz CT molecular complexity index is 2020. The van der Waals surface area contributed by atoms with Crippen molar-refractivity contribution in [2.75, 3.05) is 13.1 Å². The zero-order valence-electron chi connectivity index (χ0n) is 24.7. The van der Waals surface area contributed by atoms with Gasteiger partial charge in [0.15, 0.2) is 5.69 Å². The van der Waals surface area contributed by atoms with Crippen molar-refractivity contribution in [1.29, 1.82) is 0 Å². The second-order valence-corrected chi connectivity index (χ2v) is 10.9. The minimum Gasteiger partial charge on any atom is -0.475 e. The third kappa shape index (κ3) is 7.09. The van der Waals surface area contributed by atoms with Crippen molar-refractivity contribution in [1.82, 2.24) is 45.0 Å². The van der Waals surface area contributed by atoms with Gasteiger partial charge in [0, 0.05) is 36.8 Å². The number of alkyl halides is 3. The SMILES string of the molecule is O=C(O)C(F)(F)F.O=c1[nH]c2ccccc2n1C1CCN(Cc2ccc(-c3nc(-c4cn[nH]n4)nnc3-c3ccccc3)cc2)CC1. The number of H-pyrrole nitrogens is 2. The van der Waals surface area contributed by atoms with Crippen LogP contribution in [0, 0.1) is 0 Å². The van der Waals surface area contributed by atoms with Crippen LogP contribution in [0.25, 0.3) is 45.1 Å². The molecular formula is C32H28F3N9O3. The van der Waals surface area contributed by atoms with E-state index in [1.165, 1.54) is 5.56 Å².